The normalized spacial score (nSPS) is 10.7. The number of hydrogen-bond acceptors (Lipinski definition) is 5. The van der Waals surface area contributed by atoms with Gasteiger partial charge in [-0.2, -0.15) is 0 Å². The van der Waals surface area contributed by atoms with Crippen LogP contribution in [0.3, 0.4) is 0 Å². The molecule has 0 atom stereocenters. The van der Waals surface area contributed by atoms with Gasteiger partial charge in [0.15, 0.2) is 0 Å². The molecule has 0 bridgehead atoms. The summed E-state index contributed by atoms with van der Waals surface area (Å²) in [7, 11) is 0. The number of nitrogens with zero attached hydrogens (tertiary/aromatic N) is 1. The maximum absolute atomic E-state index is 11.4. The molecule has 112 valence electrons. The van der Waals surface area contributed by atoms with Gasteiger partial charge in [-0.05, 0) is 23.8 Å². The van der Waals surface area contributed by atoms with Crippen LogP contribution < -0.4 is 11.2 Å². The molecule has 9 heteroatoms. The number of aromatic nitrogens is 2. The molecule has 0 aliphatic rings. The lowest BCUT2D eigenvalue weighted by Gasteiger charge is -1.97. The SMILES string of the molecule is O=C(O)c1ccc(/C=C/c2[nH]c(=O)[nH]c(=O)c2[N+](=O)[O-])cc1. The Morgan fingerprint density at radius 3 is 2.32 bits per heavy atom. The molecule has 0 aliphatic carbocycles. The predicted molar refractivity (Wildman–Crippen MR) is 76.7 cm³/mol. The maximum atomic E-state index is 11.4. The van der Waals surface area contributed by atoms with E-state index in [1.54, 1.807) is 4.98 Å². The zero-order valence-corrected chi connectivity index (χ0v) is 10.9. The molecule has 0 amide bonds. The molecule has 0 saturated heterocycles. The van der Waals surface area contributed by atoms with Crippen molar-refractivity contribution in [1.82, 2.24) is 9.97 Å². The van der Waals surface area contributed by atoms with E-state index in [-0.39, 0.29) is 11.3 Å². The van der Waals surface area contributed by atoms with E-state index in [2.05, 4.69) is 4.98 Å². The van der Waals surface area contributed by atoms with E-state index in [9.17, 15) is 24.5 Å². The van der Waals surface area contributed by atoms with Gasteiger partial charge in [0.25, 0.3) is 0 Å². The number of nitrogens with one attached hydrogen (secondary N) is 2. The molecule has 2 rings (SSSR count). The first-order chi connectivity index (χ1) is 10.4. The summed E-state index contributed by atoms with van der Waals surface area (Å²) in [4.78, 5) is 47.2. The van der Waals surface area contributed by atoms with Crippen LogP contribution in [0.5, 0.6) is 0 Å². The van der Waals surface area contributed by atoms with Gasteiger partial charge in [-0.15, -0.1) is 0 Å². The van der Waals surface area contributed by atoms with Crippen molar-refractivity contribution in [3.05, 3.63) is 72.0 Å². The summed E-state index contributed by atoms with van der Waals surface area (Å²) in [5, 5.41) is 19.6. The van der Waals surface area contributed by atoms with Crippen molar-refractivity contribution < 1.29 is 14.8 Å². The molecule has 3 N–H and O–H groups in total. The summed E-state index contributed by atoms with van der Waals surface area (Å²) in [5.74, 6) is -1.08. The average Bonchev–Trinajstić information content (AvgIpc) is 2.44. The number of benzene rings is 1. The lowest BCUT2D eigenvalue weighted by Crippen LogP contribution is -2.25. The Morgan fingerprint density at radius 2 is 1.77 bits per heavy atom. The van der Waals surface area contributed by atoms with Gasteiger partial charge in [0.05, 0.1) is 10.5 Å². The van der Waals surface area contributed by atoms with Crippen molar-refractivity contribution in [2.24, 2.45) is 0 Å². The molecule has 0 fully saturated rings. The second-order valence-electron chi connectivity index (χ2n) is 4.19. The van der Waals surface area contributed by atoms with Crippen molar-refractivity contribution >= 4 is 23.8 Å². The monoisotopic (exact) mass is 303 g/mol. The van der Waals surface area contributed by atoms with Crippen molar-refractivity contribution in [3.63, 3.8) is 0 Å². The fourth-order valence-corrected chi connectivity index (χ4v) is 1.72. The number of aromatic carboxylic acids is 1. The predicted octanol–water partition coefficient (Wildman–Crippen LogP) is 0.840. The van der Waals surface area contributed by atoms with E-state index >= 15 is 0 Å². The first kappa shape index (κ1) is 14.9. The van der Waals surface area contributed by atoms with Gasteiger partial charge in [0.1, 0.15) is 5.69 Å². The first-order valence-electron chi connectivity index (χ1n) is 5.91. The number of nitro groups is 1. The van der Waals surface area contributed by atoms with Gasteiger partial charge >= 0.3 is 22.9 Å². The summed E-state index contributed by atoms with van der Waals surface area (Å²) in [6.45, 7) is 0. The van der Waals surface area contributed by atoms with E-state index in [0.29, 0.717) is 5.56 Å². The van der Waals surface area contributed by atoms with Gasteiger partial charge in [0, 0.05) is 0 Å². The Morgan fingerprint density at radius 1 is 1.14 bits per heavy atom. The van der Waals surface area contributed by atoms with E-state index in [1.807, 2.05) is 0 Å². The average molecular weight is 303 g/mol. The number of carboxylic acid groups (broad SMARTS) is 1. The Labute approximate surface area is 121 Å². The van der Waals surface area contributed by atoms with Crippen LogP contribution in [0.4, 0.5) is 5.69 Å². The molecule has 1 heterocycles. The minimum atomic E-state index is -1.10. The fourth-order valence-electron chi connectivity index (χ4n) is 1.72. The van der Waals surface area contributed by atoms with Crippen LogP contribution >= 0.6 is 0 Å². The van der Waals surface area contributed by atoms with Crippen molar-refractivity contribution in [3.8, 4) is 0 Å². The quantitative estimate of drug-likeness (QED) is 0.563. The second-order valence-corrected chi connectivity index (χ2v) is 4.19. The number of carbonyl (C=O) groups is 1. The van der Waals surface area contributed by atoms with Crippen LogP contribution in [-0.2, 0) is 0 Å². The zero-order valence-electron chi connectivity index (χ0n) is 10.9. The molecule has 9 nitrogen and oxygen atoms in total. The van der Waals surface area contributed by atoms with Crippen LogP contribution in [0.15, 0.2) is 33.9 Å². The van der Waals surface area contributed by atoms with Gasteiger partial charge in [-0.25, -0.2) is 9.59 Å². The topological polar surface area (TPSA) is 146 Å². The van der Waals surface area contributed by atoms with Gasteiger partial charge in [-0.1, -0.05) is 18.2 Å². The minimum Gasteiger partial charge on any atom is -0.478 e. The summed E-state index contributed by atoms with van der Waals surface area (Å²) in [6, 6.07) is 5.68. The van der Waals surface area contributed by atoms with E-state index < -0.39 is 27.8 Å². The van der Waals surface area contributed by atoms with Crippen molar-refractivity contribution in [2.45, 2.75) is 0 Å². The highest BCUT2D eigenvalue weighted by Gasteiger charge is 2.18. The molecule has 0 unspecified atom stereocenters. The maximum Gasteiger partial charge on any atom is 0.357 e. The molecule has 1 aromatic carbocycles. The number of H-pyrrole nitrogens is 2. The molecular weight excluding hydrogens is 294 g/mol. The molecule has 0 radical (unpaired) electrons. The molecule has 0 aliphatic heterocycles. The van der Waals surface area contributed by atoms with E-state index in [0.717, 1.165) is 0 Å². The standard InChI is InChI=1S/C13H9N3O6/c17-11-10(16(21)22)9(14-13(20)15-11)6-3-7-1-4-8(5-2-7)12(18)19/h1-6H,(H,18,19)(H2,14,15,17,20)/b6-3+. The summed E-state index contributed by atoms with van der Waals surface area (Å²) < 4.78 is 0. The van der Waals surface area contributed by atoms with Crippen LogP contribution in [0.2, 0.25) is 0 Å². The molecule has 0 spiro atoms. The van der Waals surface area contributed by atoms with Crippen LogP contribution in [0, 0.1) is 10.1 Å². The summed E-state index contributed by atoms with van der Waals surface area (Å²) in [6.07, 6.45) is 2.61. The highest BCUT2D eigenvalue weighted by Crippen LogP contribution is 2.13. The Bertz CT molecular complexity index is 876. The van der Waals surface area contributed by atoms with E-state index in [4.69, 9.17) is 5.11 Å². The van der Waals surface area contributed by atoms with Crippen LogP contribution in [0.1, 0.15) is 21.6 Å². The van der Waals surface area contributed by atoms with Crippen LogP contribution in [0.25, 0.3) is 12.2 Å². The molecule has 22 heavy (non-hydrogen) atoms. The first-order valence-corrected chi connectivity index (χ1v) is 5.91. The third-order valence-electron chi connectivity index (χ3n) is 2.73. The lowest BCUT2D eigenvalue weighted by molar-refractivity contribution is -0.386. The van der Waals surface area contributed by atoms with Crippen molar-refractivity contribution in [1.29, 1.82) is 0 Å². The number of carboxylic acids is 1. The number of hydrogen-bond donors (Lipinski definition) is 3. The van der Waals surface area contributed by atoms with Gasteiger partial charge < -0.3 is 10.1 Å². The molecule has 2 aromatic rings. The number of rotatable bonds is 4. The lowest BCUT2D eigenvalue weighted by atomic mass is 10.1. The largest absolute Gasteiger partial charge is 0.478 e. The fraction of sp³-hybridized carbons (Fsp3) is 0. The zero-order chi connectivity index (χ0) is 16.3. The molecule has 0 saturated carbocycles. The van der Waals surface area contributed by atoms with Gasteiger partial charge in [-0.3, -0.25) is 19.9 Å². The Kier molecular flexibility index (Phi) is 3.98. The van der Waals surface area contributed by atoms with E-state index in [1.165, 1.54) is 36.4 Å². The highest BCUT2D eigenvalue weighted by atomic mass is 16.6. The highest BCUT2D eigenvalue weighted by molar-refractivity contribution is 5.88. The third kappa shape index (κ3) is 3.15. The van der Waals surface area contributed by atoms with Crippen LogP contribution in [-0.4, -0.2) is 26.0 Å². The van der Waals surface area contributed by atoms with Crippen molar-refractivity contribution in [2.75, 3.05) is 0 Å². The van der Waals surface area contributed by atoms with Gasteiger partial charge in [0.2, 0.25) is 0 Å². The Balaban J connectivity index is 2.42. The Hall–Kier alpha value is -3.49. The molecule has 1 aromatic heterocycles. The second kappa shape index (κ2) is 5.87. The summed E-state index contributed by atoms with van der Waals surface area (Å²) in [5.41, 5.74) is -2.36. The molecular formula is C13H9N3O6. The smallest absolute Gasteiger partial charge is 0.357 e. The minimum absolute atomic E-state index is 0.0905. The number of aromatic amines is 2. The summed E-state index contributed by atoms with van der Waals surface area (Å²) >= 11 is 0. The third-order valence-corrected chi connectivity index (χ3v) is 2.73.